The van der Waals surface area contributed by atoms with E-state index in [1.54, 1.807) is 0 Å². The number of aryl methyl sites for hydroxylation is 2. The maximum absolute atomic E-state index is 5.02. The molecule has 0 atom stereocenters. The van der Waals surface area contributed by atoms with Crippen LogP contribution in [0, 0.1) is 18.6 Å². The summed E-state index contributed by atoms with van der Waals surface area (Å²) in [4.78, 5) is 7.34. The molecule has 0 unspecified atom stereocenters. The van der Waals surface area contributed by atoms with Crippen LogP contribution < -0.4 is 0 Å². The summed E-state index contributed by atoms with van der Waals surface area (Å²) in [7, 11) is 0. The summed E-state index contributed by atoms with van der Waals surface area (Å²) in [5.74, 6) is 0. The zero-order valence-corrected chi connectivity index (χ0v) is 8.40. The molecule has 1 heterocycles. The second-order valence-electron chi connectivity index (χ2n) is 3.14. The Morgan fingerprint density at radius 3 is 2.85 bits per heavy atom. The van der Waals surface area contributed by atoms with E-state index in [0.29, 0.717) is 4.77 Å². The summed E-state index contributed by atoms with van der Waals surface area (Å²) in [5, 5.41) is 1.15. The topological polar surface area (TPSA) is 28.7 Å². The van der Waals surface area contributed by atoms with Crippen molar-refractivity contribution in [3.63, 3.8) is 0 Å². The Labute approximate surface area is 81.6 Å². The van der Waals surface area contributed by atoms with E-state index in [1.165, 1.54) is 5.56 Å². The lowest BCUT2D eigenvalue weighted by Gasteiger charge is -2.03. The van der Waals surface area contributed by atoms with E-state index >= 15 is 0 Å². The van der Waals surface area contributed by atoms with Crippen molar-refractivity contribution < 1.29 is 0 Å². The van der Waals surface area contributed by atoms with Gasteiger partial charge in [-0.05, 0) is 31.6 Å². The first-order chi connectivity index (χ1) is 6.18. The highest BCUT2D eigenvalue weighted by Gasteiger charge is 2.00. The predicted octanol–water partition coefficient (Wildman–Crippen LogP) is 2.91. The molecule has 1 aromatic heterocycles. The zero-order valence-electron chi connectivity index (χ0n) is 7.59. The van der Waals surface area contributed by atoms with E-state index in [0.717, 1.165) is 16.6 Å². The fourth-order valence-corrected chi connectivity index (χ4v) is 1.71. The van der Waals surface area contributed by atoms with E-state index in [1.807, 2.05) is 26.0 Å². The number of nitrogens with zero attached hydrogens (tertiary/aromatic N) is 1. The number of benzene rings is 1. The van der Waals surface area contributed by atoms with Gasteiger partial charge in [0, 0.05) is 11.1 Å². The number of nitrogens with one attached hydrogen (secondary N) is 1. The molecule has 0 aliphatic heterocycles. The monoisotopic (exact) mass is 190 g/mol. The summed E-state index contributed by atoms with van der Waals surface area (Å²) >= 11 is 5.02. The van der Waals surface area contributed by atoms with Gasteiger partial charge in [0.15, 0.2) is 4.77 Å². The molecular formula is C10H10N2S. The minimum absolute atomic E-state index is 0.555. The van der Waals surface area contributed by atoms with E-state index in [2.05, 4.69) is 16.0 Å². The van der Waals surface area contributed by atoms with Crippen LogP contribution in [0.1, 0.15) is 11.3 Å². The van der Waals surface area contributed by atoms with Gasteiger partial charge in [-0.25, -0.2) is 4.98 Å². The van der Waals surface area contributed by atoms with Crippen molar-refractivity contribution >= 4 is 23.1 Å². The van der Waals surface area contributed by atoms with Gasteiger partial charge in [0.1, 0.15) is 0 Å². The Bertz CT molecular complexity index is 514. The number of fused-ring (bicyclic) bond motifs is 1. The molecule has 0 aliphatic carbocycles. The quantitative estimate of drug-likeness (QED) is 0.647. The SMILES string of the molecule is Cc1[nH]c(=S)nc2c(C)cccc12. The van der Waals surface area contributed by atoms with Crippen molar-refractivity contribution in [3.8, 4) is 0 Å². The highest BCUT2D eigenvalue weighted by Crippen LogP contribution is 2.17. The summed E-state index contributed by atoms with van der Waals surface area (Å²) < 4.78 is 0.555. The van der Waals surface area contributed by atoms with Crippen molar-refractivity contribution in [2.75, 3.05) is 0 Å². The summed E-state index contributed by atoms with van der Waals surface area (Å²) in [6.07, 6.45) is 0. The molecule has 0 bridgehead atoms. The Kier molecular flexibility index (Phi) is 1.88. The van der Waals surface area contributed by atoms with Crippen LogP contribution in [0.5, 0.6) is 0 Å². The second kappa shape index (κ2) is 2.92. The zero-order chi connectivity index (χ0) is 9.42. The van der Waals surface area contributed by atoms with Crippen LogP contribution in [0.25, 0.3) is 10.9 Å². The average Bonchev–Trinajstić information content (AvgIpc) is 2.07. The van der Waals surface area contributed by atoms with Crippen LogP contribution in [-0.2, 0) is 0 Å². The average molecular weight is 190 g/mol. The normalized spacial score (nSPS) is 10.6. The maximum Gasteiger partial charge on any atom is 0.197 e. The van der Waals surface area contributed by atoms with Gasteiger partial charge in [-0.3, -0.25) is 0 Å². The summed E-state index contributed by atoms with van der Waals surface area (Å²) in [6.45, 7) is 4.06. The predicted molar refractivity (Wildman–Crippen MR) is 56.4 cm³/mol. The molecule has 1 aromatic carbocycles. The van der Waals surface area contributed by atoms with E-state index in [9.17, 15) is 0 Å². The number of hydrogen-bond acceptors (Lipinski definition) is 2. The standard InChI is InChI=1S/C10H10N2S/c1-6-4-3-5-8-7(2)11-10(13)12-9(6)8/h3-5H,1-2H3,(H,11,12,13). The van der Waals surface area contributed by atoms with Crippen molar-refractivity contribution in [3.05, 3.63) is 34.2 Å². The lowest BCUT2D eigenvalue weighted by molar-refractivity contribution is 1.12. The van der Waals surface area contributed by atoms with Gasteiger partial charge in [0.25, 0.3) is 0 Å². The Hall–Kier alpha value is -1.22. The molecule has 2 rings (SSSR count). The van der Waals surface area contributed by atoms with Crippen LogP contribution in [0.15, 0.2) is 18.2 Å². The number of H-pyrrole nitrogens is 1. The molecule has 2 aromatic rings. The Morgan fingerprint density at radius 1 is 1.31 bits per heavy atom. The number of aromatic nitrogens is 2. The fourth-order valence-electron chi connectivity index (χ4n) is 1.47. The van der Waals surface area contributed by atoms with Gasteiger partial charge in [-0.1, -0.05) is 18.2 Å². The molecule has 0 aliphatic rings. The van der Waals surface area contributed by atoms with Crippen molar-refractivity contribution in [1.29, 1.82) is 0 Å². The van der Waals surface area contributed by atoms with Crippen LogP contribution in [0.3, 0.4) is 0 Å². The summed E-state index contributed by atoms with van der Waals surface area (Å²) in [6, 6.07) is 6.13. The molecule has 0 fully saturated rings. The molecule has 0 saturated carbocycles. The largest absolute Gasteiger partial charge is 0.334 e. The van der Waals surface area contributed by atoms with Gasteiger partial charge in [0.2, 0.25) is 0 Å². The Morgan fingerprint density at radius 2 is 2.08 bits per heavy atom. The number of aromatic amines is 1. The molecule has 3 heteroatoms. The van der Waals surface area contributed by atoms with Crippen molar-refractivity contribution in [2.24, 2.45) is 0 Å². The van der Waals surface area contributed by atoms with Crippen LogP contribution in [0.2, 0.25) is 0 Å². The highest BCUT2D eigenvalue weighted by atomic mass is 32.1. The minimum Gasteiger partial charge on any atom is -0.334 e. The lowest BCUT2D eigenvalue weighted by Crippen LogP contribution is -1.91. The molecular weight excluding hydrogens is 180 g/mol. The van der Waals surface area contributed by atoms with E-state index in [4.69, 9.17) is 12.2 Å². The molecule has 0 amide bonds. The van der Waals surface area contributed by atoms with Gasteiger partial charge >= 0.3 is 0 Å². The summed E-state index contributed by atoms with van der Waals surface area (Å²) in [5.41, 5.74) is 3.25. The molecule has 2 nitrogen and oxygen atoms in total. The molecule has 0 radical (unpaired) electrons. The molecule has 0 spiro atoms. The third-order valence-corrected chi connectivity index (χ3v) is 2.34. The maximum atomic E-state index is 5.02. The Balaban J connectivity index is 3.03. The highest BCUT2D eigenvalue weighted by molar-refractivity contribution is 7.71. The first-order valence-electron chi connectivity index (χ1n) is 4.15. The van der Waals surface area contributed by atoms with Crippen molar-refractivity contribution in [1.82, 2.24) is 9.97 Å². The number of para-hydroxylation sites is 1. The number of hydrogen-bond donors (Lipinski definition) is 1. The minimum atomic E-state index is 0.555. The molecule has 66 valence electrons. The molecule has 1 N–H and O–H groups in total. The van der Waals surface area contributed by atoms with E-state index in [-0.39, 0.29) is 0 Å². The van der Waals surface area contributed by atoms with Crippen molar-refractivity contribution in [2.45, 2.75) is 13.8 Å². The third kappa shape index (κ3) is 1.35. The van der Waals surface area contributed by atoms with E-state index < -0.39 is 0 Å². The lowest BCUT2D eigenvalue weighted by atomic mass is 10.1. The van der Waals surface area contributed by atoms with Gasteiger partial charge in [-0.2, -0.15) is 0 Å². The molecule has 13 heavy (non-hydrogen) atoms. The van der Waals surface area contributed by atoms with Crippen LogP contribution in [0.4, 0.5) is 0 Å². The first kappa shape index (κ1) is 8.38. The van der Waals surface area contributed by atoms with Crippen LogP contribution >= 0.6 is 12.2 Å². The second-order valence-corrected chi connectivity index (χ2v) is 3.52. The number of rotatable bonds is 0. The van der Waals surface area contributed by atoms with Crippen LogP contribution in [-0.4, -0.2) is 9.97 Å². The van der Waals surface area contributed by atoms with Gasteiger partial charge < -0.3 is 4.98 Å². The first-order valence-corrected chi connectivity index (χ1v) is 4.55. The molecule has 0 saturated heterocycles. The fraction of sp³-hybridized carbons (Fsp3) is 0.200. The van der Waals surface area contributed by atoms with Gasteiger partial charge in [0.05, 0.1) is 5.52 Å². The van der Waals surface area contributed by atoms with Gasteiger partial charge in [-0.15, -0.1) is 0 Å². The third-order valence-electron chi connectivity index (χ3n) is 2.15. The smallest absolute Gasteiger partial charge is 0.197 e.